The van der Waals surface area contributed by atoms with E-state index < -0.39 is 12.3 Å². The molecule has 0 unspecified atom stereocenters. The van der Waals surface area contributed by atoms with Gasteiger partial charge in [-0.2, -0.15) is 0 Å². The van der Waals surface area contributed by atoms with E-state index >= 15 is 0 Å². The number of halogens is 3. The Morgan fingerprint density at radius 3 is 2.79 bits per heavy atom. The normalized spacial score (nSPS) is 11.9. The molecule has 0 atom stereocenters. The summed E-state index contributed by atoms with van der Waals surface area (Å²) in [6, 6.07) is 4.13. The topological polar surface area (TPSA) is 55.1 Å². The first kappa shape index (κ1) is 13.4. The lowest BCUT2D eigenvalue weighted by atomic mass is 10.2. The Morgan fingerprint density at radius 1 is 1.42 bits per heavy atom. The van der Waals surface area contributed by atoms with Gasteiger partial charge >= 0.3 is 12.3 Å². The molecular formula is C12H11F3N2O2. The van der Waals surface area contributed by atoms with Crippen LogP contribution in [-0.4, -0.2) is 20.6 Å². The molecular weight excluding hydrogens is 261 g/mol. The molecule has 0 spiro atoms. The molecule has 2 aromatic rings. The Morgan fingerprint density at radius 2 is 2.16 bits per heavy atom. The molecule has 0 aliphatic rings. The monoisotopic (exact) mass is 272 g/mol. The van der Waals surface area contributed by atoms with Gasteiger partial charge in [0.1, 0.15) is 0 Å². The van der Waals surface area contributed by atoms with Gasteiger partial charge in [0.15, 0.2) is 0 Å². The highest BCUT2D eigenvalue weighted by atomic mass is 19.4. The predicted molar refractivity (Wildman–Crippen MR) is 61.6 cm³/mol. The fraction of sp³-hybridized carbons (Fsp3) is 0.333. The maximum Gasteiger partial charge on any atom is 0.489 e. The molecule has 4 nitrogen and oxygen atoms in total. The van der Waals surface area contributed by atoms with Gasteiger partial charge in [-0.3, -0.25) is 14.3 Å². The number of fused-ring (bicyclic) bond motifs is 1. The standard InChI is InChI=1S/C12H11F3N2O2/c13-12(14,15)17-8(3-1-5-11(18)19)7-9-10(17)4-2-6-16-9/h2,4,6-7H,1,3,5H2,(H,18,19). The van der Waals surface area contributed by atoms with Crippen molar-refractivity contribution in [1.82, 2.24) is 9.55 Å². The summed E-state index contributed by atoms with van der Waals surface area (Å²) in [5.74, 6) is -1.02. The van der Waals surface area contributed by atoms with E-state index in [9.17, 15) is 18.0 Å². The predicted octanol–water partition coefficient (Wildman–Crippen LogP) is 2.92. The molecule has 0 saturated heterocycles. The van der Waals surface area contributed by atoms with Gasteiger partial charge in [-0.25, -0.2) is 0 Å². The number of carboxylic acid groups (broad SMARTS) is 1. The van der Waals surface area contributed by atoms with Crippen molar-refractivity contribution in [2.75, 3.05) is 0 Å². The molecule has 1 N–H and O–H groups in total. The molecule has 0 aliphatic heterocycles. The molecule has 102 valence electrons. The fourth-order valence-electron chi connectivity index (χ4n) is 1.99. The lowest BCUT2D eigenvalue weighted by Crippen LogP contribution is -2.19. The van der Waals surface area contributed by atoms with E-state index in [1.54, 1.807) is 0 Å². The Balaban J connectivity index is 2.39. The van der Waals surface area contributed by atoms with E-state index in [0.717, 1.165) is 0 Å². The second kappa shape index (κ2) is 4.91. The summed E-state index contributed by atoms with van der Waals surface area (Å²) in [6.45, 7) is 0. The van der Waals surface area contributed by atoms with E-state index in [-0.39, 0.29) is 40.6 Å². The van der Waals surface area contributed by atoms with Crippen LogP contribution in [0.15, 0.2) is 24.4 Å². The van der Waals surface area contributed by atoms with Crippen LogP contribution in [0.4, 0.5) is 13.2 Å². The minimum Gasteiger partial charge on any atom is -0.481 e. The highest BCUT2D eigenvalue weighted by Gasteiger charge is 2.34. The van der Waals surface area contributed by atoms with Crippen LogP contribution in [-0.2, 0) is 17.5 Å². The van der Waals surface area contributed by atoms with Crippen LogP contribution in [0.2, 0.25) is 0 Å². The van der Waals surface area contributed by atoms with Gasteiger partial charge in [0.05, 0.1) is 11.0 Å². The van der Waals surface area contributed by atoms with Crippen LogP contribution < -0.4 is 0 Å². The quantitative estimate of drug-likeness (QED) is 0.931. The van der Waals surface area contributed by atoms with E-state index in [1.807, 2.05) is 0 Å². The zero-order valence-corrected chi connectivity index (χ0v) is 9.81. The first-order chi connectivity index (χ1) is 8.89. The molecule has 2 aromatic heterocycles. The maximum absolute atomic E-state index is 13.0. The largest absolute Gasteiger partial charge is 0.489 e. The maximum atomic E-state index is 13.0. The second-order valence-corrected chi connectivity index (χ2v) is 4.09. The highest BCUT2D eigenvalue weighted by molar-refractivity contribution is 5.77. The summed E-state index contributed by atoms with van der Waals surface area (Å²) < 4.78 is 39.3. The molecule has 0 aromatic carbocycles. The van der Waals surface area contributed by atoms with Gasteiger partial charge in [0.2, 0.25) is 0 Å². The fourth-order valence-corrected chi connectivity index (χ4v) is 1.99. The van der Waals surface area contributed by atoms with Crippen molar-refractivity contribution in [3.63, 3.8) is 0 Å². The van der Waals surface area contributed by atoms with E-state index in [0.29, 0.717) is 0 Å². The zero-order valence-electron chi connectivity index (χ0n) is 9.81. The molecule has 7 heteroatoms. The molecule has 2 heterocycles. The van der Waals surface area contributed by atoms with Crippen LogP contribution in [0.5, 0.6) is 0 Å². The number of nitrogens with zero attached hydrogens (tertiary/aromatic N) is 2. The SMILES string of the molecule is O=C(O)CCCc1cc2ncccc2n1C(F)(F)F. The molecule has 0 radical (unpaired) electrons. The molecule has 0 amide bonds. The number of rotatable bonds is 4. The van der Waals surface area contributed by atoms with Crippen molar-refractivity contribution in [1.29, 1.82) is 0 Å². The third-order valence-electron chi connectivity index (χ3n) is 2.72. The Bertz CT molecular complexity index is 605. The zero-order chi connectivity index (χ0) is 14.0. The summed E-state index contributed by atoms with van der Waals surface area (Å²) in [7, 11) is 0. The number of alkyl halides is 3. The number of hydrogen-bond donors (Lipinski definition) is 1. The van der Waals surface area contributed by atoms with Crippen LogP contribution in [0.1, 0.15) is 18.5 Å². The summed E-state index contributed by atoms with van der Waals surface area (Å²) in [5, 5.41) is 8.52. The molecule has 0 bridgehead atoms. The first-order valence-electron chi connectivity index (χ1n) is 5.64. The van der Waals surface area contributed by atoms with E-state index in [2.05, 4.69) is 4.98 Å². The third kappa shape index (κ3) is 2.86. The summed E-state index contributed by atoms with van der Waals surface area (Å²) in [4.78, 5) is 14.3. The molecule has 0 fully saturated rings. The average molecular weight is 272 g/mol. The lowest BCUT2D eigenvalue weighted by molar-refractivity contribution is -0.202. The molecule has 0 aliphatic carbocycles. The van der Waals surface area contributed by atoms with Crippen molar-refractivity contribution in [3.05, 3.63) is 30.1 Å². The minimum atomic E-state index is -4.54. The van der Waals surface area contributed by atoms with Gasteiger partial charge in [-0.05, 0) is 31.0 Å². The number of aromatic nitrogens is 2. The lowest BCUT2D eigenvalue weighted by Gasteiger charge is -2.13. The smallest absolute Gasteiger partial charge is 0.481 e. The minimum absolute atomic E-state index is 0.0136. The van der Waals surface area contributed by atoms with E-state index in [4.69, 9.17) is 5.11 Å². The Hall–Kier alpha value is -2.05. The summed E-state index contributed by atoms with van der Waals surface area (Å²) in [5.41, 5.74) is 0.271. The third-order valence-corrected chi connectivity index (χ3v) is 2.72. The van der Waals surface area contributed by atoms with Crippen LogP contribution >= 0.6 is 0 Å². The van der Waals surface area contributed by atoms with Crippen molar-refractivity contribution in [3.8, 4) is 0 Å². The van der Waals surface area contributed by atoms with Crippen molar-refractivity contribution >= 4 is 17.0 Å². The average Bonchev–Trinajstić information content (AvgIpc) is 2.66. The Labute approximate surface area is 106 Å². The molecule has 19 heavy (non-hydrogen) atoms. The second-order valence-electron chi connectivity index (χ2n) is 4.09. The van der Waals surface area contributed by atoms with Crippen LogP contribution in [0.3, 0.4) is 0 Å². The highest BCUT2D eigenvalue weighted by Crippen LogP contribution is 2.31. The van der Waals surface area contributed by atoms with Crippen molar-refractivity contribution < 1.29 is 23.1 Å². The van der Waals surface area contributed by atoms with Crippen molar-refractivity contribution in [2.45, 2.75) is 25.6 Å². The number of carbonyl (C=O) groups is 1. The summed E-state index contributed by atoms with van der Waals surface area (Å²) in [6.07, 6.45) is -3.08. The van der Waals surface area contributed by atoms with Crippen molar-refractivity contribution in [2.24, 2.45) is 0 Å². The Kier molecular flexibility index (Phi) is 3.46. The van der Waals surface area contributed by atoms with Gasteiger partial charge in [0, 0.05) is 18.3 Å². The first-order valence-corrected chi connectivity index (χ1v) is 5.64. The number of carboxylic acids is 1. The number of hydrogen-bond acceptors (Lipinski definition) is 2. The van der Waals surface area contributed by atoms with Gasteiger partial charge in [0.25, 0.3) is 0 Å². The van der Waals surface area contributed by atoms with Crippen LogP contribution in [0, 0.1) is 0 Å². The van der Waals surface area contributed by atoms with E-state index in [1.165, 1.54) is 24.4 Å². The van der Waals surface area contributed by atoms with Gasteiger partial charge < -0.3 is 5.11 Å². The van der Waals surface area contributed by atoms with Gasteiger partial charge in [-0.15, -0.1) is 13.2 Å². The molecule has 2 rings (SSSR count). The number of aliphatic carboxylic acids is 1. The molecule has 0 saturated carbocycles. The summed E-state index contributed by atoms with van der Waals surface area (Å²) >= 11 is 0. The van der Waals surface area contributed by atoms with Crippen LogP contribution in [0.25, 0.3) is 11.0 Å². The number of pyridine rings is 1. The van der Waals surface area contributed by atoms with Gasteiger partial charge in [-0.1, -0.05) is 0 Å². The number of aryl methyl sites for hydroxylation is 1.